The molecule has 1 aromatic carbocycles. The minimum Gasteiger partial charge on any atom is -0.382 e. The van der Waals surface area contributed by atoms with Crippen LogP contribution in [0.25, 0.3) is 0 Å². The molecule has 2 aromatic rings. The summed E-state index contributed by atoms with van der Waals surface area (Å²) < 4.78 is 28.1. The number of aromatic nitrogens is 2. The van der Waals surface area contributed by atoms with Crippen LogP contribution in [0.15, 0.2) is 24.4 Å². The van der Waals surface area contributed by atoms with Crippen molar-refractivity contribution in [1.82, 2.24) is 9.78 Å². The molecule has 0 bridgehead atoms. The zero-order valence-corrected chi connectivity index (χ0v) is 9.48. The van der Waals surface area contributed by atoms with Crippen molar-refractivity contribution >= 4 is 0 Å². The maximum atomic E-state index is 13.6. The predicted molar refractivity (Wildman–Crippen MR) is 58.4 cm³/mol. The van der Waals surface area contributed by atoms with E-state index in [2.05, 4.69) is 5.10 Å². The summed E-state index contributed by atoms with van der Waals surface area (Å²) in [5.41, 5.74) is 0.796. The molecule has 0 aliphatic carbocycles. The van der Waals surface area contributed by atoms with E-state index in [0.29, 0.717) is 11.3 Å². The number of nitrogens with zero attached hydrogens (tertiary/aromatic N) is 2. The third-order valence-electron chi connectivity index (χ3n) is 2.71. The Kier molecular flexibility index (Phi) is 2.93. The van der Waals surface area contributed by atoms with E-state index in [0.717, 1.165) is 6.07 Å². The van der Waals surface area contributed by atoms with Crippen molar-refractivity contribution in [3.05, 3.63) is 52.9 Å². The molecule has 2 rings (SSSR count). The largest absolute Gasteiger partial charge is 0.382 e. The molecular formula is C12H12F2N2O. The van der Waals surface area contributed by atoms with Gasteiger partial charge in [0.2, 0.25) is 0 Å². The molecule has 0 spiro atoms. The van der Waals surface area contributed by atoms with Crippen molar-refractivity contribution in [2.45, 2.75) is 13.0 Å². The average molecular weight is 238 g/mol. The Balaban J connectivity index is 2.48. The Labute approximate surface area is 97.3 Å². The zero-order valence-electron chi connectivity index (χ0n) is 9.48. The SMILES string of the molecule is Cc1cc(C(O)c2ccnn2C)c(F)cc1F. The number of hydrogen-bond acceptors (Lipinski definition) is 2. The normalized spacial score (nSPS) is 12.8. The van der Waals surface area contributed by atoms with E-state index < -0.39 is 17.7 Å². The van der Waals surface area contributed by atoms with Gasteiger partial charge in [0.15, 0.2) is 0 Å². The second kappa shape index (κ2) is 4.25. The molecule has 0 amide bonds. The maximum Gasteiger partial charge on any atom is 0.132 e. The Morgan fingerprint density at radius 3 is 2.59 bits per heavy atom. The molecule has 0 saturated carbocycles. The molecule has 0 saturated heterocycles. The highest BCUT2D eigenvalue weighted by Gasteiger charge is 2.19. The topological polar surface area (TPSA) is 38.1 Å². The summed E-state index contributed by atoms with van der Waals surface area (Å²) in [5, 5.41) is 13.9. The Morgan fingerprint density at radius 2 is 2.00 bits per heavy atom. The fourth-order valence-electron chi connectivity index (χ4n) is 1.70. The van der Waals surface area contributed by atoms with Crippen molar-refractivity contribution < 1.29 is 13.9 Å². The van der Waals surface area contributed by atoms with Gasteiger partial charge in [-0.2, -0.15) is 5.10 Å². The Morgan fingerprint density at radius 1 is 1.29 bits per heavy atom. The molecule has 1 unspecified atom stereocenters. The standard InChI is InChI=1S/C12H12F2N2O/c1-7-5-8(10(14)6-9(7)13)12(17)11-3-4-15-16(11)2/h3-6,12,17H,1-2H3. The summed E-state index contributed by atoms with van der Waals surface area (Å²) in [6.45, 7) is 1.52. The van der Waals surface area contributed by atoms with Crippen molar-refractivity contribution in [2.24, 2.45) is 7.05 Å². The average Bonchev–Trinajstić information content (AvgIpc) is 2.69. The lowest BCUT2D eigenvalue weighted by molar-refractivity contribution is 0.204. The van der Waals surface area contributed by atoms with Gasteiger partial charge in [-0.25, -0.2) is 8.78 Å². The smallest absolute Gasteiger partial charge is 0.132 e. The fraction of sp³-hybridized carbons (Fsp3) is 0.250. The van der Waals surface area contributed by atoms with E-state index in [-0.39, 0.29) is 5.56 Å². The molecule has 5 heteroatoms. The van der Waals surface area contributed by atoms with Gasteiger partial charge in [-0.05, 0) is 24.6 Å². The van der Waals surface area contributed by atoms with Crippen LogP contribution in [0, 0.1) is 18.6 Å². The molecule has 3 nitrogen and oxygen atoms in total. The molecule has 1 aromatic heterocycles. The molecule has 0 fully saturated rings. The highest BCUT2D eigenvalue weighted by molar-refractivity contribution is 5.31. The highest BCUT2D eigenvalue weighted by Crippen LogP contribution is 2.25. The van der Waals surface area contributed by atoms with E-state index in [1.807, 2.05) is 0 Å². The van der Waals surface area contributed by atoms with Gasteiger partial charge in [-0.15, -0.1) is 0 Å². The molecule has 17 heavy (non-hydrogen) atoms. The Hall–Kier alpha value is -1.75. The summed E-state index contributed by atoms with van der Waals surface area (Å²) >= 11 is 0. The van der Waals surface area contributed by atoms with Crippen molar-refractivity contribution in [2.75, 3.05) is 0 Å². The number of rotatable bonds is 2. The second-order valence-corrected chi connectivity index (χ2v) is 3.91. The lowest BCUT2D eigenvalue weighted by atomic mass is 10.0. The van der Waals surface area contributed by atoms with Crippen LogP contribution in [0.4, 0.5) is 8.78 Å². The minimum absolute atomic E-state index is 0.0486. The van der Waals surface area contributed by atoms with Crippen LogP contribution in [0.2, 0.25) is 0 Å². The molecular weight excluding hydrogens is 226 g/mol. The summed E-state index contributed by atoms with van der Waals surface area (Å²) in [4.78, 5) is 0. The van der Waals surface area contributed by atoms with E-state index in [9.17, 15) is 13.9 Å². The first-order chi connectivity index (χ1) is 8.00. The van der Waals surface area contributed by atoms with Gasteiger partial charge >= 0.3 is 0 Å². The molecule has 90 valence electrons. The summed E-state index contributed by atoms with van der Waals surface area (Å²) in [5.74, 6) is -1.38. The number of aliphatic hydroxyl groups excluding tert-OH is 1. The van der Waals surface area contributed by atoms with Crippen LogP contribution in [-0.2, 0) is 7.05 Å². The van der Waals surface area contributed by atoms with Crippen LogP contribution in [0.3, 0.4) is 0 Å². The van der Waals surface area contributed by atoms with Gasteiger partial charge in [0, 0.05) is 24.9 Å². The van der Waals surface area contributed by atoms with Crippen molar-refractivity contribution in [1.29, 1.82) is 0 Å². The molecule has 0 radical (unpaired) electrons. The Bertz CT molecular complexity index is 551. The van der Waals surface area contributed by atoms with Gasteiger partial charge < -0.3 is 5.11 Å². The van der Waals surface area contributed by atoms with Crippen molar-refractivity contribution in [3.63, 3.8) is 0 Å². The van der Waals surface area contributed by atoms with Gasteiger partial charge in [-0.3, -0.25) is 4.68 Å². The number of aryl methyl sites for hydroxylation is 2. The van der Waals surface area contributed by atoms with Gasteiger partial charge in [0.05, 0.1) is 5.69 Å². The van der Waals surface area contributed by atoms with Crippen LogP contribution in [0.5, 0.6) is 0 Å². The summed E-state index contributed by atoms with van der Waals surface area (Å²) in [7, 11) is 1.65. The minimum atomic E-state index is -1.15. The first kappa shape index (κ1) is 11.7. The summed E-state index contributed by atoms with van der Waals surface area (Å²) in [6.07, 6.45) is 0.356. The lowest BCUT2D eigenvalue weighted by Crippen LogP contribution is -2.09. The van der Waals surface area contributed by atoms with E-state index in [1.165, 1.54) is 23.9 Å². The fourth-order valence-corrected chi connectivity index (χ4v) is 1.70. The monoisotopic (exact) mass is 238 g/mol. The molecule has 1 N–H and O–H groups in total. The van der Waals surface area contributed by atoms with Gasteiger partial charge in [-0.1, -0.05) is 0 Å². The van der Waals surface area contributed by atoms with E-state index in [1.54, 1.807) is 13.1 Å². The maximum absolute atomic E-state index is 13.6. The van der Waals surface area contributed by atoms with Gasteiger partial charge in [0.1, 0.15) is 17.7 Å². The van der Waals surface area contributed by atoms with Crippen LogP contribution < -0.4 is 0 Å². The van der Waals surface area contributed by atoms with Crippen LogP contribution in [0.1, 0.15) is 22.9 Å². The molecule has 1 atom stereocenters. The quantitative estimate of drug-likeness (QED) is 0.870. The summed E-state index contributed by atoms with van der Waals surface area (Å²) in [6, 6.07) is 3.68. The third-order valence-corrected chi connectivity index (χ3v) is 2.71. The first-order valence-corrected chi connectivity index (χ1v) is 5.12. The third kappa shape index (κ3) is 2.06. The number of aliphatic hydroxyl groups is 1. The van der Waals surface area contributed by atoms with E-state index >= 15 is 0 Å². The van der Waals surface area contributed by atoms with Crippen LogP contribution >= 0.6 is 0 Å². The van der Waals surface area contributed by atoms with E-state index in [4.69, 9.17) is 0 Å². The number of halogens is 2. The molecule has 0 aliphatic rings. The lowest BCUT2D eigenvalue weighted by Gasteiger charge is -2.13. The molecule has 1 heterocycles. The van der Waals surface area contributed by atoms with Crippen LogP contribution in [-0.4, -0.2) is 14.9 Å². The van der Waals surface area contributed by atoms with Gasteiger partial charge in [0.25, 0.3) is 0 Å². The predicted octanol–water partition coefficient (Wildman–Crippen LogP) is 2.09. The highest BCUT2D eigenvalue weighted by atomic mass is 19.1. The number of benzene rings is 1. The van der Waals surface area contributed by atoms with Crippen molar-refractivity contribution in [3.8, 4) is 0 Å². The first-order valence-electron chi connectivity index (χ1n) is 5.12. The number of hydrogen-bond donors (Lipinski definition) is 1. The second-order valence-electron chi connectivity index (χ2n) is 3.91. The zero-order chi connectivity index (χ0) is 12.6. The molecule has 0 aliphatic heterocycles.